The van der Waals surface area contributed by atoms with Gasteiger partial charge < -0.3 is 9.67 Å². The van der Waals surface area contributed by atoms with Gasteiger partial charge in [0.1, 0.15) is 0 Å². The monoisotopic (exact) mass is 260 g/mol. The number of nitrogens with zero attached hydrogens (tertiary/aromatic N) is 1. The van der Waals surface area contributed by atoms with Crippen LogP contribution >= 0.6 is 0 Å². The van der Waals surface area contributed by atoms with E-state index < -0.39 is 5.97 Å². The molecule has 1 aromatic heterocycles. The summed E-state index contributed by atoms with van der Waals surface area (Å²) in [6, 6.07) is 7.69. The normalized spacial score (nSPS) is 10.8. The number of aromatic nitrogens is 1. The third kappa shape index (κ3) is 2.51. The van der Waals surface area contributed by atoms with Crippen molar-refractivity contribution in [1.29, 1.82) is 0 Å². The first kappa shape index (κ1) is 13.3. The highest BCUT2D eigenvalue weighted by atomic mass is 16.4. The minimum atomic E-state index is -0.970. The molecule has 0 radical (unpaired) electrons. The Balaban J connectivity index is 2.31. The van der Waals surface area contributed by atoms with Gasteiger partial charge in [0.05, 0.1) is 13.1 Å². The molecule has 0 aliphatic carbocycles. The molecule has 2 aromatic rings. The molecule has 5 heteroatoms. The Kier molecular flexibility index (Phi) is 3.66. The molecular formula is C14H16N2O3. The molecule has 0 spiro atoms. The van der Waals surface area contributed by atoms with Crippen LogP contribution in [0.15, 0.2) is 24.3 Å². The molecule has 0 unspecified atom stereocenters. The highest BCUT2D eigenvalue weighted by molar-refractivity contribution is 6.10. The van der Waals surface area contributed by atoms with Gasteiger partial charge in [-0.1, -0.05) is 18.2 Å². The molecule has 1 aromatic carbocycles. The maximum Gasteiger partial charge on any atom is 0.317 e. The van der Waals surface area contributed by atoms with E-state index in [4.69, 9.17) is 5.11 Å². The van der Waals surface area contributed by atoms with Crippen LogP contribution in [0.1, 0.15) is 16.1 Å². The van der Waals surface area contributed by atoms with Crippen LogP contribution in [0.3, 0.4) is 0 Å². The quantitative estimate of drug-likeness (QED) is 0.796. The molecule has 100 valence electrons. The van der Waals surface area contributed by atoms with Crippen LogP contribution in [0.4, 0.5) is 0 Å². The fraction of sp³-hybridized carbons (Fsp3) is 0.286. The van der Waals surface area contributed by atoms with Crippen LogP contribution in [0.25, 0.3) is 10.9 Å². The van der Waals surface area contributed by atoms with Gasteiger partial charge in [0.15, 0.2) is 5.78 Å². The van der Waals surface area contributed by atoms with E-state index in [2.05, 4.69) is 5.32 Å². The first-order valence-electron chi connectivity index (χ1n) is 6.02. The highest BCUT2D eigenvalue weighted by Gasteiger charge is 2.17. The predicted octanol–water partition coefficient (Wildman–Crippen LogP) is 1.34. The van der Waals surface area contributed by atoms with Gasteiger partial charge in [0.2, 0.25) is 0 Å². The lowest BCUT2D eigenvalue weighted by atomic mass is 10.1. The topological polar surface area (TPSA) is 71.3 Å². The maximum absolute atomic E-state index is 12.2. The van der Waals surface area contributed by atoms with Crippen molar-refractivity contribution in [2.45, 2.75) is 6.92 Å². The molecule has 0 saturated heterocycles. The smallest absolute Gasteiger partial charge is 0.317 e. The first-order valence-corrected chi connectivity index (χ1v) is 6.02. The van der Waals surface area contributed by atoms with E-state index in [1.807, 2.05) is 42.8 Å². The second-order valence-electron chi connectivity index (χ2n) is 4.46. The van der Waals surface area contributed by atoms with Crippen molar-refractivity contribution in [2.75, 3.05) is 13.1 Å². The van der Waals surface area contributed by atoms with Gasteiger partial charge in [-0.15, -0.1) is 0 Å². The maximum atomic E-state index is 12.2. The number of carbonyl (C=O) groups excluding carboxylic acids is 1. The van der Waals surface area contributed by atoms with E-state index in [-0.39, 0.29) is 18.9 Å². The molecule has 2 rings (SSSR count). The van der Waals surface area contributed by atoms with Crippen molar-refractivity contribution in [3.63, 3.8) is 0 Å². The minimum absolute atomic E-state index is 0.0289. The van der Waals surface area contributed by atoms with Crippen LogP contribution < -0.4 is 5.32 Å². The summed E-state index contributed by atoms with van der Waals surface area (Å²) < 4.78 is 1.97. The lowest BCUT2D eigenvalue weighted by molar-refractivity contribution is -0.135. The average molecular weight is 260 g/mol. The summed E-state index contributed by atoms with van der Waals surface area (Å²) in [7, 11) is 1.92. The van der Waals surface area contributed by atoms with Crippen molar-refractivity contribution in [2.24, 2.45) is 7.05 Å². The summed E-state index contributed by atoms with van der Waals surface area (Å²) in [6.07, 6.45) is 0. The number of carboxylic acids is 1. The molecule has 19 heavy (non-hydrogen) atoms. The number of ketones is 1. The summed E-state index contributed by atoms with van der Waals surface area (Å²) in [5, 5.41) is 12.1. The second kappa shape index (κ2) is 5.24. The number of fused-ring (bicyclic) bond motifs is 1. The van der Waals surface area contributed by atoms with Gasteiger partial charge >= 0.3 is 5.97 Å². The number of hydrogen-bond acceptors (Lipinski definition) is 3. The number of nitrogens with one attached hydrogen (secondary N) is 1. The molecule has 0 saturated carbocycles. The van der Waals surface area contributed by atoms with E-state index in [9.17, 15) is 9.59 Å². The Hall–Kier alpha value is -2.14. The molecule has 0 atom stereocenters. The van der Waals surface area contributed by atoms with Gasteiger partial charge in [-0.25, -0.2) is 0 Å². The number of para-hydroxylation sites is 1. The number of carboxylic acid groups (broad SMARTS) is 1. The Morgan fingerprint density at radius 2 is 1.95 bits per heavy atom. The molecule has 0 bridgehead atoms. The summed E-state index contributed by atoms with van der Waals surface area (Å²) >= 11 is 0. The molecular weight excluding hydrogens is 244 g/mol. The number of aliphatic carboxylic acids is 1. The van der Waals surface area contributed by atoms with Crippen molar-refractivity contribution >= 4 is 22.7 Å². The molecule has 2 N–H and O–H groups in total. The third-order valence-corrected chi connectivity index (χ3v) is 3.24. The highest BCUT2D eigenvalue weighted by Crippen LogP contribution is 2.24. The third-order valence-electron chi connectivity index (χ3n) is 3.24. The molecule has 0 aliphatic rings. The fourth-order valence-electron chi connectivity index (χ4n) is 2.24. The number of hydrogen-bond donors (Lipinski definition) is 2. The SMILES string of the molecule is Cc1c(C(=O)CNCC(=O)O)c2ccccc2n1C. The fourth-order valence-corrected chi connectivity index (χ4v) is 2.24. The molecule has 0 amide bonds. The Labute approximate surface area is 110 Å². The van der Waals surface area contributed by atoms with Gasteiger partial charge in [-0.3, -0.25) is 14.9 Å². The van der Waals surface area contributed by atoms with Crippen LogP contribution in [0, 0.1) is 6.92 Å². The van der Waals surface area contributed by atoms with Crippen LogP contribution in [-0.4, -0.2) is 34.5 Å². The number of aryl methyl sites for hydroxylation is 1. The van der Waals surface area contributed by atoms with E-state index in [0.29, 0.717) is 5.56 Å². The van der Waals surface area contributed by atoms with Crippen LogP contribution in [-0.2, 0) is 11.8 Å². The standard InChI is InChI=1S/C14H16N2O3/c1-9-14(12(17)7-15-8-13(18)19)10-5-3-4-6-11(10)16(9)2/h3-6,15H,7-8H2,1-2H3,(H,18,19). The van der Waals surface area contributed by atoms with Crippen molar-refractivity contribution in [3.05, 3.63) is 35.5 Å². The van der Waals surface area contributed by atoms with Crippen molar-refractivity contribution in [3.8, 4) is 0 Å². The zero-order valence-electron chi connectivity index (χ0n) is 10.9. The summed E-state index contributed by atoms with van der Waals surface area (Å²) in [5.41, 5.74) is 2.56. The summed E-state index contributed by atoms with van der Waals surface area (Å²) in [5.74, 6) is -1.06. The Morgan fingerprint density at radius 1 is 1.26 bits per heavy atom. The Bertz CT molecular complexity index is 643. The van der Waals surface area contributed by atoms with E-state index in [1.165, 1.54) is 0 Å². The van der Waals surface area contributed by atoms with E-state index in [0.717, 1.165) is 16.6 Å². The number of carbonyl (C=O) groups is 2. The number of Topliss-reactive ketones (excluding diaryl/α,β-unsaturated/α-hetero) is 1. The van der Waals surface area contributed by atoms with Crippen molar-refractivity contribution < 1.29 is 14.7 Å². The largest absolute Gasteiger partial charge is 0.480 e. The zero-order chi connectivity index (χ0) is 14.0. The molecule has 5 nitrogen and oxygen atoms in total. The number of benzene rings is 1. The van der Waals surface area contributed by atoms with E-state index >= 15 is 0 Å². The molecule has 1 heterocycles. The van der Waals surface area contributed by atoms with Gasteiger partial charge in [0, 0.05) is 29.2 Å². The van der Waals surface area contributed by atoms with Crippen molar-refractivity contribution in [1.82, 2.24) is 9.88 Å². The molecule has 0 fully saturated rings. The van der Waals surface area contributed by atoms with E-state index in [1.54, 1.807) is 0 Å². The first-order chi connectivity index (χ1) is 9.02. The van der Waals surface area contributed by atoms with Gasteiger partial charge in [-0.2, -0.15) is 0 Å². The van der Waals surface area contributed by atoms with Gasteiger partial charge in [0.25, 0.3) is 0 Å². The van der Waals surface area contributed by atoms with Crippen LogP contribution in [0.2, 0.25) is 0 Å². The zero-order valence-corrected chi connectivity index (χ0v) is 10.9. The van der Waals surface area contributed by atoms with Gasteiger partial charge in [-0.05, 0) is 13.0 Å². The second-order valence-corrected chi connectivity index (χ2v) is 4.46. The predicted molar refractivity (Wildman–Crippen MR) is 72.5 cm³/mol. The lowest BCUT2D eigenvalue weighted by Crippen LogP contribution is -2.28. The average Bonchev–Trinajstić information content (AvgIpc) is 2.62. The molecule has 0 aliphatic heterocycles. The summed E-state index contributed by atoms with van der Waals surface area (Å²) in [4.78, 5) is 22.6. The minimum Gasteiger partial charge on any atom is -0.480 e. The number of rotatable bonds is 5. The van der Waals surface area contributed by atoms with Crippen LogP contribution in [0.5, 0.6) is 0 Å². The Morgan fingerprint density at radius 3 is 2.63 bits per heavy atom. The summed E-state index contributed by atoms with van der Waals surface area (Å²) in [6.45, 7) is 1.71. The lowest BCUT2D eigenvalue weighted by Gasteiger charge is -2.03.